The molecule has 0 aliphatic carbocycles. The van der Waals surface area contributed by atoms with Crippen LogP contribution < -0.4 is 10.2 Å². The van der Waals surface area contributed by atoms with E-state index in [1.165, 1.54) is 0 Å². The Morgan fingerprint density at radius 3 is 2.76 bits per heavy atom. The molecule has 1 N–H and O–H groups in total. The number of amides is 1. The third-order valence-corrected chi connectivity index (χ3v) is 3.03. The van der Waals surface area contributed by atoms with Crippen LogP contribution in [0.15, 0.2) is 48.7 Å². The van der Waals surface area contributed by atoms with E-state index in [9.17, 15) is 4.79 Å². The summed E-state index contributed by atoms with van der Waals surface area (Å²) in [6.45, 7) is 0.338. The second-order valence-corrected chi connectivity index (χ2v) is 4.38. The van der Waals surface area contributed by atoms with Crippen LogP contribution in [0.1, 0.15) is 16.9 Å². The van der Waals surface area contributed by atoms with E-state index in [4.69, 9.17) is 5.26 Å². The fourth-order valence-corrected chi connectivity index (χ4v) is 1.96. The standard InChI is InChI=1S/C16H16N4O/c1-18-13-8-10-19-15(12-13)16(21)20(11-5-9-17)14-6-3-2-4-7-14/h2-4,6-8,10,12H,5,11H2,1H3,(H,18,19). The number of para-hydroxylation sites is 1. The van der Waals surface area contributed by atoms with Crippen molar-refractivity contribution < 1.29 is 4.79 Å². The Balaban J connectivity index is 2.32. The van der Waals surface area contributed by atoms with Crippen molar-refractivity contribution in [2.75, 3.05) is 23.8 Å². The lowest BCUT2D eigenvalue weighted by Gasteiger charge is -2.21. The van der Waals surface area contributed by atoms with Gasteiger partial charge in [0.2, 0.25) is 0 Å². The number of hydrogen-bond acceptors (Lipinski definition) is 4. The molecule has 106 valence electrons. The molecule has 1 aromatic heterocycles. The summed E-state index contributed by atoms with van der Waals surface area (Å²) in [5, 5.41) is 11.8. The number of nitrogens with one attached hydrogen (secondary N) is 1. The van der Waals surface area contributed by atoms with Crippen molar-refractivity contribution in [2.24, 2.45) is 0 Å². The van der Waals surface area contributed by atoms with E-state index in [1.54, 1.807) is 30.3 Å². The lowest BCUT2D eigenvalue weighted by atomic mass is 10.2. The number of hydrogen-bond donors (Lipinski definition) is 1. The first-order valence-corrected chi connectivity index (χ1v) is 6.64. The van der Waals surface area contributed by atoms with Gasteiger partial charge in [-0.25, -0.2) is 0 Å². The summed E-state index contributed by atoms with van der Waals surface area (Å²) in [5.41, 5.74) is 1.93. The molecule has 0 unspecified atom stereocenters. The van der Waals surface area contributed by atoms with Gasteiger partial charge in [0.25, 0.3) is 5.91 Å². The highest BCUT2D eigenvalue weighted by Gasteiger charge is 2.18. The van der Waals surface area contributed by atoms with Crippen LogP contribution in [0.25, 0.3) is 0 Å². The molecule has 1 amide bonds. The predicted octanol–water partition coefficient (Wildman–Crippen LogP) is 2.68. The van der Waals surface area contributed by atoms with E-state index in [2.05, 4.69) is 16.4 Å². The van der Waals surface area contributed by atoms with E-state index >= 15 is 0 Å². The number of nitriles is 1. The molecule has 0 atom stereocenters. The molecule has 0 saturated carbocycles. The molecule has 5 nitrogen and oxygen atoms in total. The molecule has 2 rings (SSSR count). The number of carbonyl (C=O) groups excluding carboxylic acids is 1. The monoisotopic (exact) mass is 280 g/mol. The molecule has 0 radical (unpaired) electrons. The fourth-order valence-electron chi connectivity index (χ4n) is 1.96. The quantitative estimate of drug-likeness (QED) is 0.914. The molecule has 0 aliphatic rings. The van der Waals surface area contributed by atoms with Gasteiger partial charge in [0.15, 0.2) is 0 Å². The van der Waals surface area contributed by atoms with Crippen LogP contribution in [0.3, 0.4) is 0 Å². The number of carbonyl (C=O) groups is 1. The van der Waals surface area contributed by atoms with Gasteiger partial charge in [-0.3, -0.25) is 9.78 Å². The van der Waals surface area contributed by atoms with Crippen molar-refractivity contribution in [1.29, 1.82) is 5.26 Å². The van der Waals surface area contributed by atoms with Crippen LogP contribution in [-0.4, -0.2) is 24.5 Å². The van der Waals surface area contributed by atoms with Crippen LogP contribution in [0, 0.1) is 11.3 Å². The van der Waals surface area contributed by atoms with Gasteiger partial charge >= 0.3 is 0 Å². The third-order valence-electron chi connectivity index (χ3n) is 3.03. The molecule has 0 aliphatic heterocycles. The Hall–Kier alpha value is -2.87. The minimum absolute atomic E-state index is 0.214. The summed E-state index contributed by atoms with van der Waals surface area (Å²) < 4.78 is 0. The summed E-state index contributed by atoms with van der Waals surface area (Å²) in [6, 6.07) is 14.9. The van der Waals surface area contributed by atoms with Gasteiger partial charge < -0.3 is 10.2 Å². The fraction of sp³-hybridized carbons (Fsp3) is 0.188. The lowest BCUT2D eigenvalue weighted by molar-refractivity contribution is 0.0983. The summed E-state index contributed by atoms with van der Waals surface area (Å²) in [6.07, 6.45) is 1.86. The van der Waals surface area contributed by atoms with Crippen molar-refractivity contribution >= 4 is 17.3 Å². The summed E-state index contributed by atoms with van der Waals surface area (Å²) in [5.74, 6) is -0.214. The number of benzene rings is 1. The normalized spacial score (nSPS) is 9.71. The van der Waals surface area contributed by atoms with Crippen LogP contribution in [0.5, 0.6) is 0 Å². The van der Waals surface area contributed by atoms with Gasteiger partial charge in [0.1, 0.15) is 5.69 Å². The van der Waals surface area contributed by atoms with Crippen molar-refractivity contribution in [3.63, 3.8) is 0 Å². The van der Waals surface area contributed by atoms with E-state index in [0.717, 1.165) is 11.4 Å². The van der Waals surface area contributed by atoms with Crippen LogP contribution in [0.4, 0.5) is 11.4 Å². The van der Waals surface area contributed by atoms with Crippen molar-refractivity contribution in [3.8, 4) is 6.07 Å². The minimum Gasteiger partial charge on any atom is -0.388 e. The maximum Gasteiger partial charge on any atom is 0.276 e. The Kier molecular flexibility index (Phi) is 4.89. The minimum atomic E-state index is -0.214. The molecule has 1 aromatic carbocycles. The first-order chi connectivity index (χ1) is 10.3. The van der Waals surface area contributed by atoms with Crippen LogP contribution in [0.2, 0.25) is 0 Å². The Morgan fingerprint density at radius 1 is 1.33 bits per heavy atom. The van der Waals surface area contributed by atoms with Gasteiger partial charge in [-0.2, -0.15) is 5.26 Å². The Labute approximate surface area is 123 Å². The molecule has 0 bridgehead atoms. The Morgan fingerprint density at radius 2 is 2.10 bits per heavy atom. The lowest BCUT2D eigenvalue weighted by Crippen LogP contribution is -2.32. The smallest absolute Gasteiger partial charge is 0.276 e. The highest BCUT2D eigenvalue weighted by atomic mass is 16.2. The average molecular weight is 280 g/mol. The zero-order valence-corrected chi connectivity index (χ0v) is 11.8. The second kappa shape index (κ2) is 7.06. The highest BCUT2D eigenvalue weighted by Crippen LogP contribution is 2.17. The zero-order chi connectivity index (χ0) is 15.1. The largest absolute Gasteiger partial charge is 0.388 e. The van der Waals surface area contributed by atoms with E-state index in [-0.39, 0.29) is 12.3 Å². The molecule has 0 spiro atoms. The van der Waals surface area contributed by atoms with Crippen molar-refractivity contribution in [1.82, 2.24) is 4.98 Å². The SMILES string of the molecule is CNc1ccnc(C(=O)N(CCC#N)c2ccccc2)c1. The molecule has 2 aromatic rings. The number of anilines is 2. The summed E-state index contributed by atoms with van der Waals surface area (Å²) in [7, 11) is 1.79. The first kappa shape index (κ1) is 14.5. The van der Waals surface area contributed by atoms with E-state index in [0.29, 0.717) is 12.2 Å². The van der Waals surface area contributed by atoms with Gasteiger partial charge in [-0.05, 0) is 24.3 Å². The number of nitrogens with zero attached hydrogens (tertiary/aromatic N) is 3. The number of pyridine rings is 1. The van der Waals surface area contributed by atoms with E-state index in [1.807, 2.05) is 30.3 Å². The molecule has 0 saturated heterocycles. The highest BCUT2D eigenvalue weighted by molar-refractivity contribution is 6.05. The maximum absolute atomic E-state index is 12.6. The molecular weight excluding hydrogens is 264 g/mol. The molecule has 21 heavy (non-hydrogen) atoms. The molecule has 5 heteroatoms. The topological polar surface area (TPSA) is 69.0 Å². The molecule has 0 fully saturated rings. The number of rotatable bonds is 5. The summed E-state index contributed by atoms with van der Waals surface area (Å²) in [4.78, 5) is 18.3. The Bertz CT molecular complexity index is 649. The molecular formula is C16H16N4O. The third kappa shape index (κ3) is 3.57. The van der Waals surface area contributed by atoms with Gasteiger partial charge in [-0.1, -0.05) is 18.2 Å². The van der Waals surface area contributed by atoms with Crippen molar-refractivity contribution in [2.45, 2.75) is 6.42 Å². The molecule has 1 heterocycles. The zero-order valence-electron chi connectivity index (χ0n) is 11.8. The number of aromatic nitrogens is 1. The predicted molar refractivity (Wildman–Crippen MR) is 82.1 cm³/mol. The average Bonchev–Trinajstić information content (AvgIpc) is 2.56. The van der Waals surface area contributed by atoms with Crippen molar-refractivity contribution in [3.05, 3.63) is 54.4 Å². The summed E-state index contributed by atoms with van der Waals surface area (Å²) >= 11 is 0. The second-order valence-electron chi connectivity index (χ2n) is 4.38. The van der Waals surface area contributed by atoms with Crippen LogP contribution in [-0.2, 0) is 0 Å². The van der Waals surface area contributed by atoms with Gasteiger partial charge in [-0.15, -0.1) is 0 Å². The maximum atomic E-state index is 12.6. The van der Waals surface area contributed by atoms with Gasteiger partial charge in [0.05, 0.1) is 12.5 Å². The first-order valence-electron chi connectivity index (χ1n) is 6.64. The van der Waals surface area contributed by atoms with Crippen LogP contribution >= 0.6 is 0 Å². The van der Waals surface area contributed by atoms with E-state index < -0.39 is 0 Å². The van der Waals surface area contributed by atoms with Gasteiger partial charge in [0, 0.05) is 31.2 Å².